The van der Waals surface area contributed by atoms with Gasteiger partial charge in [0.15, 0.2) is 0 Å². The Bertz CT molecular complexity index is 112. The lowest BCUT2D eigenvalue weighted by Crippen LogP contribution is -2.38. The van der Waals surface area contributed by atoms with Gasteiger partial charge < -0.3 is 5.11 Å². The maximum atomic E-state index is 9.36. The maximum absolute atomic E-state index is 9.36. The van der Waals surface area contributed by atoms with Gasteiger partial charge in [0.25, 0.3) is 0 Å². The number of thioether (sulfide) groups is 1. The largest absolute Gasteiger partial charge is 0.379 e. The number of aliphatic hydroxyl groups is 1. The van der Waals surface area contributed by atoms with Crippen molar-refractivity contribution in [3.8, 4) is 0 Å². The highest BCUT2D eigenvalue weighted by atomic mass is 32.2. The zero-order valence-electron chi connectivity index (χ0n) is 6.14. The first-order valence-corrected chi connectivity index (χ1v) is 3.80. The van der Waals surface area contributed by atoms with Crippen LogP contribution in [0.2, 0.25) is 0 Å². The SMILES string of the molecule is CCC(C)(O)SC(C)=[NH2+]. The molecule has 0 saturated carbocycles. The zero-order valence-corrected chi connectivity index (χ0v) is 6.96. The van der Waals surface area contributed by atoms with Crippen LogP contribution in [-0.2, 0) is 0 Å². The van der Waals surface area contributed by atoms with Gasteiger partial charge in [-0.15, -0.1) is 0 Å². The number of hydrogen-bond acceptors (Lipinski definition) is 2. The molecule has 0 aliphatic rings. The highest BCUT2D eigenvalue weighted by Crippen LogP contribution is 2.24. The van der Waals surface area contributed by atoms with Crippen LogP contribution in [0.1, 0.15) is 27.2 Å². The summed E-state index contributed by atoms with van der Waals surface area (Å²) >= 11 is 1.31. The number of nitrogens with two attached hydrogens (primary N) is 1. The van der Waals surface area contributed by atoms with Gasteiger partial charge in [-0.25, -0.2) is 0 Å². The van der Waals surface area contributed by atoms with Crippen LogP contribution in [0.15, 0.2) is 0 Å². The van der Waals surface area contributed by atoms with E-state index in [1.807, 2.05) is 6.92 Å². The molecule has 1 unspecified atom stereocenters. The van der Waals surface area contributed by atoms with Gasteiger partial charge in [0.2, 0.25) is 5.04 Å². The van der Waals surface area contributed by atoms with E-state index in [1.165, 1.54) is 11.8 Å². The summed E-state index contributed by atoms with van der Waals surface area (Å²) in [5.41, 5.74) is 0. The first kappa shape index (κ1) is 8.98. The molecule has 0 aliphatic carbocycles. The van der Waals surface area contributed by atoms with Gasteiger partial charge in [0, 0.05) is 6.92 Å². The van der Waals surface area contributed by atoms with Crippen molar-refractivity contribution in [2.24, 2.45) is 0 Å². The average molecular weight is 148 g/mol. The molecule has 9 heavy (non-hydrogen) atoms. The third kappa shape index (κ3) is 4.48. The fourth-order valence-electron chi connectivity index (χ4n) is 0.419. The van der Waals surface area contributed by atoms with Crippen LogP contribution in [-0.4, -0.2) is 15.1 Å². The topological polar surface area (TPSA) is 45.8 Å². The fourth-order valence-corrected chi connectivity index (χ4v) is 1.26. The second-order valence-electron chi connectivity index (χ2n) is 2.24. The normalized spacial score (nSPS) is 16.9. The number of rotatable bonds is 2. The second-order valence-corrected chi connectivity index (χ2v) is 3.97. The van der Waals surface area contributed by atoms with E-state index in [0.29, 0.717) is 11.5 Å². The van der Waals surface area contributed by atoms with Crippen LogP contribution in [0.25, 0.3) is 0 Å². The van der Waals surface area contributed by atoms with E-state index in [0.717, 1.165) is 0 Å². The van der Waals surface area contributed by atoms with Crippen LogP contribution >= 0.6 is 11.8 Å². The van der Waals surface area contributed by atoms with Crippen molar-refractivity contribution in [2.45, 2.75) is 32.1 Å². The summed E-state index contributed by atoms with van der Waals surface area (Å²) in [5.74, 6) is 0. The summed E-state index contributed by atoms with van der Waals surface area (Å²) in [4.78, 5) is -0.682. The smallest absolute Gasteiger partial charge is 0.206 e. The Balaban J connectivity index is 3.71. The number of hydrogen-bond donors (Lipinski definition) is 2. The molecular formula is C6H14NOS+. The highest BCUT2D eigenvalue weighted by molar-refractivity contribution is 8.14. The zero-order chi connectivity index (χ0) is 7.49. The minimum atomic E-state index is -0.682. The van der Waals surface area contributed by atoms with Gasteiger partial charge in [-0.1, -0.05) is 6.92 Å². The molecule has 0 rings (SSSR count). The van der Waals surface area contributed by atoms with E-state index in [2.05, 4.69) is 0 Å². The van der Waals surface area contributed by atoms with Crippen LogP contribution in [0, 0.1) is 0 Å². The van der Waals surface area contributed by atoms with Crippen molar-refractivity contribution in [1.29, 1.82) is 0 Å². The van der Waals surface area contributed by atoms with Crippen molar-refractivity contribution < 1.29 is 10.5 Å². The molecule has 0 radical (unpaired) electrons. The monoisotopic (exact) mass is 148 g/mol. The Kier molecular flexibility index (Phi) is 3.22. The van der Waals surface area contributed by atoms with Crippen molar-refractivity contribution in [3.05, 3.63) is 0 Å². The van der Waals surface area contributed by atoms with E-state index in [9.17, 15) is 5.11 Å². The minimum absolute atomic E-state index is 0.682. The lowest BCUT2D eigenvalue weighted by atomic mass is 10.3. The van der Waals surface area contributed by atoms with Gasteiger partial charge in [-0.2, -0.15) is 0 Å². The third-order valence-corrected chi connectivity index (χ3v) is 2.09. The molecule has 0 aromatic carbocycles. The van der Waals surface area contributed by atoms with E-state index in [4.69, 9.17) is 5.41 Å². The second kappa shape index (κ2) is 3.22. The van der Waals surface area contributed by atoms with Gasteiger partial charge >= 0.3 is 0 Å². The molecule has 0 spiro atoms. The summed E-state index contributed by atoms with van der Waals surface area (Å²) in [6, 6.07) is 0. The van der Waals surface area contributed by atoms with Crippen molar-refractivity contribution in [2.75, 3.05) is 0 Å². The van der Waals surface area contributed by atoms with Crippen molar-refractivity contribution in [1.82, 2.24) is 0 Å². The van der Waals surface area contributed by atoms with Crippen LogP contribution in [0.3, 0.4) is 0 Å². The molecule has 54 valence electrons. The molecular weight excluding hydrogens is 134 g/mol. The Hall–Kier alpha value is -0.0200. The minimum Gasteiger partial charge on any atom is -0.379 e. The highest BCUT2D eigenvalue weighted by Gasteiger charge is 2.20. The van der Waals surface area contributed by atoms with Gasteiger partial charge in [-0.3, -0.25) is 5.41 Å². The van der Waals surface area contributed by atoms with E-state index >= 15 is 0 Å². The van der Waals surface area contributed by atoms with E-state index < -0.39 is 4.93 Å². The fraction of sp³-hybridized carbons (Fsp3) is 0.833. The molecule has 0 heterocycles. The van der Waals surface area contributed by atoms with Crippen LogP contribution < -0.4 is 5.41 Å². The summed E-state index contributed by atoms with van der Waals surface area (Å²) in [5, 5.41) is 15.4. The van der Waals surface area contributed by atoms with Crippen LogP contribution in [0.4, 0.5) is 0 Å². The molecule has 0 aromatic rings. The molecule has 3 N–H and O–H groups in total. The molecule has 0 bridgehead atoms. The molecule has 0 saturated heterocycles. The quantitative estimate of drug-likeness (QED) is 0.329. The standard InChI is InChI=1S/C6H13NOS/c1-4-6(3,8)9-5(2)7/h7-8H,4H2,1-3H3/p+1. The average Bonchev–Trinajstić information content (AvgIpc) is 1.63. The van der Waals surface area contributed by atoms with Gasteiger partial charge in [-0.05, 0) is 25.1 Å². The lowest BCUT2D eigenvalue weighted by molar-refractivity contribution is -0.109. The van der Waals surface area contributed by atoms with E-state index in [1.54, 1.807) is 13.8 Å². The summed E-state index contributed by atoms with van der Waals surface area (Å²) in [6.07, 6.45) is 0.714. The van der Waals surface area contributed by atoms with Crippen molar-refractivity contribution in [3.63, 3.8) is 0 Å². The third-order valence-electron chi connectivity index (χ3n) is 1.04. The molecule has 1 atom stereocenters. The van der Waals surface area contributed by atoms with Crippen LogP contribution in [0.5, 0.6) is 0 Å². The Labute approximate surface area is 60.2 Å². The Morgan fingerprint density at radius 3 is 2.33 bits per heavy atom. The maximum Gasteiger partial charge on any atom is 0.206 e. The van der Waals surface area contributed by atoms with Gasteiger partial charge in [0.05, 0.1) is 0 Å². The summed E-state index contributed by atoms with van der Waals surface area (Å²) in [7, 11) is 0. The Morgan fingerprint density at radius 1 is 1.78 bits per heavy atom. The molecule has 3 heteroatoms. The molecule has 0 aromatic heterocycles. The predicted octanol–water partition coefficient (Wildman–Crippen LogP) is 0.0156. The molecule has 2 nitrogen and oxygen atoms in total. The first-order valence-electron chi connectivity index (χ1n) is 2.98. The Morgan fingerprint density at radius 2 is 2.22 bits per heavy atom. The molecule has 0 amide bonds. The summed E-state index contributed by atoms with van der Waals surface area (Å²) < 4.78 is 0. The first-order chi connectivity index (χ1) is 3.98. The predicted molar refractivity (Wildman–Crippen MR) is 41.1 cm³/mol. The lowest BCUT2D eigenvalue weighted by Gasteiger charge is -2.16. The van der Waals surface area contributed by atoms with Crippen molar-refractivity contribution >= 4 is 16.8 Å². The molecule has 0 aliphatic heterocycles. The van der Waals surface area contributed by atoms with E-state index in [-0.39, 0.29) is 0 Å². The molecule has 0 fully saturated rings. The van der Waals surface area contributed by atoms with Gasteiger partial charge in [0.1, 0.15) is 4.93 Å². The summed E-state index contributed by atoms with van der Waals surface area (Å²) in [6.45, 7) is 5.47.